The van der Waals surface area contributed by atoms with Gasteiger partial charge in [0.2, 0.25) is 0 Å². The Hall–Kier alpha value is -1.86. The lowest BCUT2D eigenvalue weighted by Crippen LogP contribution is -2.44. The number of methoxy groups -OCH3 is 1. The smallest absolute Gasteiger partial charge is 0.308 e. The van der Waals surface area contributed by atoms with Crippen LogP contribution in [-0.4, -0.2) is 58.7 Å². The molecule has 4 rings (SSSR count). The standard InChI is InChI=1S/C27H37FN2O3S/c1-33-20-8-10-26-23(17-20)22(11-13-29-26)25(28)9-7-19-12-14-30(18-24(19)27(31)32)15-16-34-21-5-3-2-4-6-21/h8,10-11,13,17,19,21,24-25H,2-7,9,12,14-16,18H2,1H3,(H,31,32)/t19-,24+,25-/m1/s1. The average Bonchev–Trinajstić information content (AvgIpc) is 2.87. The number of hydrogen-bond acceptors (Lipinski definition) is 5. The predicted molar refractivity (Wildman–Crippen MR) is 136 cm³/mol. The molecule has 1 N–H and O–H groups in total. The lowest BCUT2D eigenvalue weighted by Gasteiger charge is -2.37. The Labute approximate surface area is 206 Å². The van der Waals surface area contributed by atoms with E-state index in [0.29, 0.717) is 30.7 Å². The minimum atomic E-state index is -1.16. The van der Waals surface area contributed by atoms with Crippen LogP contribution < -0.4 is 4.74 Å². The van der Waals surface area contributed by atoms with Crippen molar-refractivity contribution in [2.24, 2.45) is 11.8 Å². The van der Waals surface area contributed by atoms with Gasteiger partial charge in [-0.05, 0) is 74.4 Å². The Morgan fingerprint density at radius 2 is 2.09 bits per heavy atom. The van der Waals surface area contributed by atoms with Gasteiger partial charge in [0.1, 0.15) is 11.9 Å². The van der Waals surface area contributed by atoms with E-state index in [1.165, 1.54) is 32.1 Å². The third-order valence-corrected chi connectivity index (χ3v) is 8.94. The zero-order valence-corrected chi connectivity index (χ0v) is 20.9. The summed E-state index contributed by atoms with van der Waals surface area (Å²) in [5.41, 5.74) is 1.34. The molecule has 186 valence electrons. The van der Waals surface area contributed by atoms with Crippen LogP contribution >= 0.6 is 11.8 Å². The molecule has 0 bridgehead atoms. The fourth-order valence-corrected chi connectivity index (χ4v) is 6.90. The molecule has 1 aromatic carbocycles. The highest BCUT2D eigenvalue weighted by Crippen LogP contribution is 2.36. The molecule has 1 aromatic heterocycles. The van der Waals surface area contributed by atoms with Gasteiger partial charge in [-0.3, -0.25) is 9.78 Å². The maximum atomic E-state index is 15.4. The van der Waals surface area contributed by atoms with E-state index in [4.69, 9.17) is 4.74 Å². The first-order chi connectivity index (χ1) is 16.5. The molecule has 0 spiro atoms. The minimum absolute atomic E-state index is 0.0145. The van der Waals surface area contributed by atoms with Gasteiger partial charge in [-0.15, -0.1) is 0 Å². The zero-order valence-electron chi connectivity index (χ0n) is 20.1. The van der Waals surface area contributed by atoms with Crippen LogP contribution in [0, 0.1) is 11.8 Å². The molecule has 2 aliphatic rings. The van der Waals surface area contributed by atoms with E-state index in [1.54, 1.807) is 19.4 Å². The highest BCUT2D eigenvalue weighted by molar-refractivity contribution is 7.99. The van der Waals surface area contributed by atoms with E-state index < -0.39 is 18.1 Å². The minimum Gasteiger partial charge on any atom is -0.497 e. The molecular formula is C27H37FN2O3S. The van der Waals surface area contributed by atoms with Gasteiger partial charge < -0.3 is 14.7 Å². The van der Waals surface area contributed by atoms with E-state index in [9.17, 15) is 9.90 Å². The van der Waals surface area contributed by atoms with E-state index in [-0.39, 0.29) is 5.92 Å². The van der Waals surface area contributed by atoms with E-state index in [1.807, 2.05) is 18.2 Å². The van der Waals surface area contributed by atoms with Crippen molar-refractivity contribution < 1.29 is 19.0 Å². The van der Waals surface area contributed by atoms with Gasteiger partial charge >= 0.3 is 5.97 Å². The molecule has 0 radical (unpaired) electrons. The lowest BCUT2D eigenvalue weighted by atomic mass is 9.81. The van der Waals surface area contributed by atoms with Crippen molar-refractivity contribution in [2.45, 2.75) is 62.8 Å². The molecular weight excluding hydrogens is 451 g/mol. The first-order valence-corrected chi connectivity index (χ1v) is 13.7. The SMILES string of the molecule is COc1ccc2nccc([C@H](F)CC[C@@H]3CCN(CCSC4CCCCC4)C[C@@H]3C(=O)O)c2c1. The van der Waals surface area contributed by atoms with Gasteiger partial charge in [-0.1, -0.05) is 19.3 Å². The van der Waals surface area contributed by atoms with Crippen LogP contribution in [0.25, 0.3) is 10.9 Å². The van der Waals surface area contributed by atoms with Crippen LogP contribution in [0.1, 0.15) is 63.1 Å². The number of carboxylic acids is 1. The number of alkyl halides is 1. The molecule has 1 aliphatic carbocycles. The number of hydrogen-bond donors (Lipinski definition) is 1. The molecule has 7 heteroatoms. The maximum Gasteiger partial charge on any atom is 0.308 e. The summed E-state index contributed by atoms with van der Waals surface area (Å²) >= 11 is 2.06. The number of halogens is 1. The number of benzene rings is 1. The van der Waals surface area contributed by atoms with Crippen molar-refractivity contribution in [3.05, 3.63) is 36.0 Å². The first kappa shape index (κ1) is 25.2. The number of rotatable bonds is 10. The summed E-state index contributed by atoms with van der Waals surface area (Å²) in [4.78, 5) is 18.7. The number of carboxylic acid groups (broad SMARTS) is 1. The largest absolute Gasteiger partial charge is 0.497 e. The number of aliphatic carboxylic acids is 1. The fraction of sp³-hybridized carbons (Fsp3) is 0.630. The topological polar surface area (TPSA) is 62.7 Å². The summed E-state index contributed by atoms with van der Waals surface area (Å²) in [5.74, 6) is 0.598. The monoisotopic (exact) mass is 488 g/mol. The van der Waals surface area contributed by atoms with E-state index in [0.717, 1.165) is 41.4 Å². The number of piperidine rings is 1. The number of pyridine rings is 1. The zero-order chi connectivity index (χ0) is 23.9. The number of fused-ring (bicyclic) bond motifs is 1. The fourth-order valence-electron chi connectivity index (χ4n) is 5.54. The number of carbonyl (C=O) groups is 1. The number of likely N-dealkylation sites (tertiary alicyclic amines) is 1. The van der Waals surface area contributed by atoms with Gasteiger partial charge in [0.05, 0.1) is 18.5 Å². The summed E-state index contributed by atoms with van der Waals surface area (Å²) in [6.45, 7) is 2.44. The summed E-state index contributed by atoms with van der Waals surface area (Å²) in [5, 5.41) is 11.4. The Morgan fingerprint density at radius 3 is 2.85 bits per heavy atom. The molecule has 3 atom stereocenters. The summed E-state index contributed by atoms with van der Waals surface area (Å²) in [7, 11) is 1.59. The van der Waals surface area contributed by atoms with Crippen molar-refractivity contribution >= 4 is 28.6 Å². The maximum absolute atomic E-state index is 15.4. The van der Waals surface area contributed by atoms with Crippen molar-refractivity contribution in [3.8, 4) is 5.75 Å². The number of thioether (sulfide) groups is 1. The highest BCUT2D eigenvalue weighted by atomic mass is 32.2. The third kappa shape index (κ3) is 6.42. The Balaban J connectivity index is 1.31. The van der Waals surface area contributed by atoms with Crippen LogP contribution in [-0.2, 0) is 4.79 Å². The molecule has 0 unspecified atom stereocenters. The second-order valence-electron chi connectivity index (χ2n) is 9.75. The quantitative estimate of drug-likeness (QED) is 0.435. The van der Waals surface area contributed by atoms with Crippen LogP contribution in [0.15, 0.2) is 30.5 Å². The summed E-state index contributed by atoms with van der Waals surface area (Å²) in [6.07, 6.45) is 8.93. The molecule has 1 saturated carbocycles. The Morgan fingerprint density at radius 1 is 1.26 bits per heavy atom. The van der Waals surface area contributed by atoms with Crippen molar-refractivity contribution in [1.82, 2.24) is 9.88 Å². The first-order valence-electron chi connectivity index (χ1n) is 12.7. The molecule has 34 heavy (non-hydrogen) atoms. The molecule has 0 amide bonds. The average molecular weight is 489 g/mol. The van der Waals surface area contributed by atoms with Gasteiger partial charge in [0, 0.05) is 35.7 Å². The van der Waals surface area contributed by atoms with Crippen LogP contribution in [0.2, 0.25) is 0 Å². The molecule has 2 heterocycles. The van der Waals surface area contributed by atoms with E-state index in [2.05, 4.69) is 21.6 Å². The number of aromatic nitrogens is 1. The van der Waals surface area contributed by atoms with Gasteiger partial charge in [-0.25, -0.2) is 4.39 Å². The molecule has 1 aliphatic heterocycles. The number of ether oxygens (including phenoxy) is 1. The Bertz CT molecular complexity index is 953. The third-order valence-electron chi connectivity index (χ3n) is 7.58. The summed E-state index contributed by atoms with van der Waals surface area (Å²) < 4.78 is 20.7. The van der Waals surface area contributed by atoms with Gasteiger partial charge in [-0.2, -0.15) is 11.8 Å². The second kappa shape index (κ2) is 12.2. The van der Waals surface area contributed by atoms with Crippen LogP contribution in [0.4, 0.5) is 4.39 Å². The molecule has 5 nitrogen and oxygen atoms in total. The van der Waals surface area contributed by atoms with Gasteiger partial charge in [0.15, 0.2) is 0 Å². The van der Waals surface area contributed by atoms with Gasteiger partial charge in [0.25, 0.3) is 0 Å². The Kier molecular flexibility index (Phi) is 9.06. The molecule has 2 fully saturated rings. The van der Waals surface area contributed by atoms with Crippen molar-refractivity contribution in [2.75, 3.05) is 32.5 Å². The van der Waals surface area contributed by atoms with Crippen LogP contribution in [0.5, 0.6) is 5.75 Å². The molecule has 1 saturated heterocycles. The normalized spacial score (nSPS) is 23.1. The predicted octanol–water partition coefficient (Wildman–Crippen LogP) is 6.12. The van der Waals surface area contributed by atoms with Crippen molar-refractivity contribution in [3.63, 3.8) is 0 Å². The second-order valence-corrected chi connectivity index (χ2v) is 11.2. The highest BCUT2D eigenvalue weighted by Gasteiger charge is 2.34. The van der Waals surface area contributed by atoms with Crippen LogP contribution in [0.3, 0.4) is 0 Å². The van der Waals surface area contributed by atoms with E-state index >= 15 is 4.39 Å². The molecule has 2 aromatic rings. The lowest BCUT2D eigenvalue weighted by molar-refractivity contribution is -0.146. The summed E-state index contributed by atoms with van der Waals surface area (Å²) in [6, 6.07) is 7.22. The number of nitrogens with zero attached hydrogens (tertiary/aromatic N) is 2. The van der Waals surface area contributed by atoms with Crippen molar-refractivity contribution in [1.29, 1.82) is 0 Å².